The molecule has 2 aliphatic rings. The molecule has 12 heteroatoms. The van der Waals surface area contributed by atoms with E-state index in [2.05, 4.69) is 21.7 Å². The zero-order valence-electron chi connectivity index (χ0n) is 21.5. The molecule has 2 fully saturated rings. The molecule has 0 bridgehead atoms. The van der Waals surface area contributed by atoms with E-state index in [0.717, 1.165) is 58.7 Å². The van der Waals surface area contributed by atoms with Crippen molar-refractivity contribution in [1.29, 1.82) is 0 Å². The number of rotatable bonds is 6. The number of fused-ring (bicyclic) bond motifs is 1. The highest BCUT2D eigenvalue weighted by atomic mass is 35.5. The van der Waals surface area contributed by atoms with E-state index in [1.54, 1.807) is 17.5 Å². The number of aromatic nitrogens is 3. The van der Waals surface area contributed by atoms with Gasteiger partial charge in [0.2, 0.25) is 0 Å². The minimum absolute atomic E-state index is 0.126. The molecule has 212 valence electrons. The van der Waals surface area contributed by atoms with Gasteiger partial charge in [0.15, 0.2) is 0 Å². The highest BCUT2D eigenvalue weighted by molar-refractivity contribution is 7.90. The molecule has 1 unspecified atom stereocenters. The summed E-state index contributed by atoms with van der Waals surface area (Å²) in [5, 5.41) is 3.53. The second-order valence-electron chi connectivity index (χ2n) is 10.5. The fourth-order valence-electron chi connectivity index (χ4n) is 6.16. The predicted octanol–water partition coefficient (Wildman–Crippen LogP) is 7.47. The molecule has 0 spiro atoms. The SMILES string of the molecule is O=S(=O)(N1CCC(n2c(C3CCCC3)nc3ccc(C(c4ccc(Cl)cc4)c4nccs4)cc32)CC1)C(F)(F)F. The van der Waals surface area contributed by atoms with Gasteiger partial charge in [0.25, 0.3) is 0 Å². The van der Waals surface area contributed by atoms with Crippen molar-refractivity contribution < 1.29 is 21.6 Å². The summed E-state index contributed by atoms with van der Waals surface area (Å²) in [7, 11) is -5.34. The molecule has 2 aromatic heterocycles. The summed E-state index contributed by atoms with van der Waals surface area (Å²) in [5.41, 5.74) is -1.46. The van der Waals surface area contributed by atoms with Gasteiger partial charge in [0, 0.05) is 41.6 Å². The van der Waals surface area contributed by atoms with Crippen LogP contribution in [0.5, 0.6) is 0 Å². The third-order valence-corrected chi connectivity index (χ3v) is 10.8. The van der Waals surface area contributed by atoms with Crippen molar-refractivity contribution in [2.45, 2.75) is 61.9 Å². The molecule has 3 heterocycles. The molecule has 0 amide bonds. The maximum atomic E-state index is 13.2. The smallest absolute Gasteiger partial charge is 0.325 e. The van der Waals surface area contributed by atoms with Crippen molar-refractivity contribution in [3.8, 4) is 0 Å². The summed E-state index contributed by atoms with van der Waals surface area (Å²) in [6, 6.07) is 13.8. The van der Waals surface area contributed by atoms with Gasteiger partial charge >= 0.3 is 15.5 Å². The zero-order chi connectivity index (χ0) is 28.1. The Hall–Kier alpha value is -2.47. The number of hydrogen-bond acceptors (Lipinski definition) is 5. The van der Waals surface area contributed by atoms with Gasteiger partial charge in [0.05, 0.1) is 17.0 Å². The number of alkyl halides is 3. The van der Waals surface area contributed by atoms with Crippen LogP contribution < -0.4 is 0 Å². The number of thiazole rings is 1. The second kappa shape index (κ2) is 10.7. The molecule has 40 heavy (non-hydrogen) atoms. The summed E-state index contributed by atoms with van der Waals surface area (Å²) < 4.78 is 66.5. The zero-order valence-corrected chi connectivity index (χ0v) is 23.9. The van der Waals surface area contributed by atoms with E-state index in [9.17, 15) is 21.6 Å². The number of hydrogen-bond donors (Lipinski definition) is 0. The maximum Gasteiger partial charge on any atom is 0.511 e. The monoisotopic (exact) mass is 608 g/mol. The number of halogens is 4. The van der Waals surface area contributed by atoms with E-state index in [1.165, 1.54) is 0 Å². The quantitative estimate of drug-likeness (QED) is 0.228. The lowest BCUT2D eigenvalue weighted by Gasteiger charge is -2.33. The predicted molar refractivity (Wildman–Crippen MR) is 150 cm³/mol. The number of imidazole rings is 1. The highest BCUT2D eigenvalue weighted by Gasteiger charge is 2.50. The molecule has 1 atom stereocenters. The van der Waals surface area contributed by atoms with E-state index in [-0.39, 0.29) is 43.8 Å². The lowest BCUT2D eigenvalue weighted by Crippen LogP contribution is -2.45. The van der Waals surface area contributed by atoms with Crippen LogP contribution >= 0.6 is 22.9 Å². The normalized spacial score (nSPS) is 19.0. The van der Waals surface area contributed by atoms with Gasteiger partial charge in [-0.1, -0.05) is 42.6 Å². The third-order valence-electron chi connectivity index (χ3n) is 8.12. The first-order valence-electron chi connectivity index (χ1n) is 13.4. The molecule has 4 aromatic rings. The fraction of sp³-hybridized carbons (Fsp3) is 0.429. The van der Waals surface area contributed by atoms with Crippen LogP contribution in [0.1, 0.15) is 78.4 Å². The number of benzene rings is 2. The van der Waals surface area contributed by atoms with Crippen LogP contribution in [0.4, 0.5) is 13.2 Å². The Kier molecular flexibility index (Phi) is 7.43. The highest BCUT2D eigenvalue weighted by Crippen LogP contribution is 2.41. The van der Waals surface area contributed by atoms with Gasteiger partial charge in [-0.05, 0) is 61.1 Å². The first-order chi connectivity index (χ1) is 19.1. The van der Waals surface area contributed by atoms with Gasteiger partial charge in [-0.25, -0.2) is 18.4 Å². The third kappa shape index (κ3) is 5.06. The Bertz CT molecular complexity index is 1590. The second-order valence-corrected chi connectivity index (χ2v) is 13.8. The van der Waals surface area contributed by atoms with Crippen LogP contribution in [0.2, 0.25) is 5.02 Å². The van der Waals surface area contributed by atoms with Gasteiger partial charge < -0.3 is 4.57 Å². The Morgan fingerprint density at radius 1 is 0.975 bits per heavy atom. The Balaban J connectivity index is 1.42. The average Bonchev–Trinajstić information content (AvgIpc) is 3.71. The van der Waals surface area contributed by atoms with Gasteiger partial charge in [0.1, 0.15) is 10.8 Å². The average molecular weight is 609 g/mol. The molecule has 1 aliphatic heterocycles. The molecule has 6 nitrogen and oxygen atoms in total. The van der Waals surface area contributed by atoms with E-state index < -0.39 is 15.5 Å². The summed E-state index contributed by atoms with van der Waals surface area (Å²) in [6.45, 7) is -0.356. The first kappa shape index (κ1) is 27.7. The fourth-order valence-corrected chi connectivity index (χ4v) is 8.06. The van der Waals surface area contributed by atoms with Crippen molar-refractivity contribution in [1.82, 2.24) is 18.8 Å². The standard InChI is InChI=1S/C28H28ClF3N4O2S2/c29-21-8-5-18(6-9-21)25(27-33-13-16-39-27)20-7-10-23-24(17-20)36(26(34-23)19-3-1-2-4-19)22-11-14-35(15-12-22)40(37,38)28(30,31)32/h5-10,13,16-17,19,22,25H,1-4,11-12,14-15H2. The molecular weight excluding hydrogens is 581 g/mol. The number of nitrogens with zero attached hydrogens (tertiary/aromatic N) is 4. The Labute approximate surface area is 239 Å². The Morgan fingerprint density at radius 2 is 1.65 bits per heavy atom. The molecule has 6 rings (SSSR count). The van der Waals surface area contributed by atoms with Crippen molar-refractivity contribution in [3.63, 3.8) is 0 Å². The van der Waals surface area contributed by atoms with Crippen molar-refractivity contribution in [2.24, 2.45) is 0 Å². The van der Waals surface area contributed by atoms with Crippen LogP contribution in [0.3, 0.4) is 0 Å². The first-order valence-corrected chi connectivity index (χ1v) is 16.1. The minimum atomic E-state index is -5.34. The minimum Gasteiger partial charge on any atom is -0.325 e. The maximum absolute atomic E-state index is 13.2. The lowest BCUT2D eigenvalue weighted by atomic mass is 9.91. The van der Waals surface area contributed by atoms with E-state index >= 15 is 0 Å². The molecule has 1 saturated heterocycles. The van der Waals surface area contributed by atoms with Crippen molar-refractivity contribution >= 4 is 44.0 Å². The van der Waals surface area contributed by atoms with Crippen LogP contribution in [-0.2, 0) is 10.0 Å². The van der Waals surface area contributed by atoms with Crippen LogP contribution in [0.15, 0.2) is 54.0 Å². The topological polar surface area (TPSA) is 68.1 Å². The van der Waals surface area contributed by atoms with Crippen LogP contribution in [-0.4, -0.2) is 45.9 Å². The van der Waals surface area contributed by atoms with Crippen LogP contribution in [0, 0.1) is 0 Å². The molecule has 0 N–H and O–H groups in total. The lowest BCUT2D eigenvalue weighted by molar-refractivity contribution is -0.0496. The summed E-state index contributed by atoms with van der Waals surface area (Å²) in [6.07, 6.45) is 6.63. The van der Waals surface area contributed by atoms with Gasteiger partial charge in [-0.3, -0.25) is 0 Å². The van der Waals surface area contributed by atoms with E-state index in [0.29, 0.717) is 9.33 Å². The summed E-state index contributed by atoms with van der Waals surface area (Å²) in [5.74, 6) is 1.11. The summed E-state index contributed by atoms with van der Waals surface area (Å²) in [4.78, 5) is 9.66. The molecular formula is C28H28ClF3N4O2S2. The van der Waals surface area contributed by atoms with Gasteiger partial charge in [-0.2, -0.15) is 17.5 Å². The van der Waals surface area contributed by atoms with E-state index in [4.69, 9.17) is 16.6 Å². The van der Waals surface area contributed by atoms with E-state index in [1.807, 2.05) is 35.7 Å². The molecule has 0 radical (unpaired) electrons. The molecule has 1 aliphatic carbocycles. The molecule has 1 saturated carbocycles. The van der Waals surface area contributed by atoms with Crippen molar-refractivity contribution in [2.75, 3.05) is 13.1 Å². The van der Waals surface area contributed by atoms with Gasteiger partial charge in [-0.15, -0.1) is 11.3 Å². The van der Waals surface area contributed by atoms with Crippen molar-refractivity contribution in [3.05, 3.63) is 81.0 Å². The Morgan fingerprint density at radius 3 is 2.27 bits per heavy atom. The number of sulfonamides is 1. The molecule has 2 aromatic carbocycles. The summed E-state index contributed by atoms with van der Waals surface area (Å²) >= 11 is 7.74. The van der Waals surface area contributed by atoms with Crippen LogP contribution in [0.25, 0.3) is 11.0 Å². The number of piperidine rings is 1. The largest absolute Gasteiger partial charge is 0.511 e.